The largest absolute Gasteiger partial charge is 1.00 e. The summed E-state index contributed by atoms with van der Waals surface area (Å²) < 4.78 is 0. The van der Waals surface area contributed by atoms with E-state index in [0.29, 0.717) is 6.42 Å². The number of hydrogen-bond acceptors (Lipinski definition) is 3. The summed E-state index contributed by atoms with van der Waals surface area (Å²) in [6.07, 6.45) is 0.850. The van der Waals surface area contributed by atoms with Crippen molar-refractivity contribution < 1.29 is 44.9 Å². The second-order valence-corrected chi connectivity index (χ2v) is 1.12. The molecule has 1 N–H and O–H groups in total. The van der Waals surface area contributed by atoms with E-state index in [0.717, 1.165) is 0 Å². The normalized spacial score (nSPS) is 6.12. The van der Waals surface area contributed by atoms with Crippen LogP contribution in [0.5, 0.6) is 0 Å². The third kappa shape index (κ3) is 16.1. The van der Waals surface area contributed by atoms with Crippen LogP contribution in [-0.4, -0.2) is 11.4 Å². The zero-order valence-corrected chi connectivity index (χ0v) is 7.18. The Morgan fingerprint density at radius 3 is 2.00 bits per heavy atom. The molecule has 0 aliphatic carbocycles. The Labute approximate surface area is 70.7 Å². The molecule has 0 bridgehead atoms. The molecule has 44 valence electrons. The Hall–Kier alpha value is 0.430. The molecule has 0 saturated heterocycles. The van der Waals surface area contributed by atoms with Gasteiger partial charge in [0.15, 0.2) is 0 Å². The van der Waals surface area contributed by atoms with Crippen LogP contribution in [0.3, 0.4) is 0 Å². The SMILES string of the molecule is CCCC(=O)[O-].[Na+].[OH-]. The summed E-state index contributed by atoms with van der Waals surface area (Å²) in [6, 6.07) is 0. The van der Waals surface area contributed by atoms with E-state index in [9.17, 15) is 9.90 Å². The molecular formula is C4H8NaO3-. The van der Waals surface area contributed by atoms with E-state index in [1.807, 2.05) is 0 Å². The van der Waals surface area contributed by atoms with Crippen molar-refractivity contribution in [2.75, 3.05) is 0 Å². The minimum absolute atomic E-state index is 0. The first-order chi connectivity index (χ1) is 2.77. The molecule has 0 fully saturated rings. The molecule has 0 unspecified atom stereocenters. The fraction of sp³-hybridized carbons (Fsp3) is 0.750. The van der Waals surface area contributed by atoms with Gasteiger partial charge >= 0.3 is 29.6 Å². The van der Waals surface area contributed by atoms with Crippen molar-refractivity contribution in [3.05, 3.63) is 0 Å². The number of rotatable bonds is 2. The molecule has 0 heterocycles. The van der Waals surface area contributed by atoms with Gasteiger partial charge in [-0.05, 0) is 6.42 Å². The van der Waals surface area contributed by atoms with Crippen LogP contribution in [0.2, 0.25) is 0 Å². The van der Waals surface area contributed by atoms with Gasteiger partial charge < -0.3 is 15.4 Å². The minimum atomic E-state index is -0.961. The van der Waals surface area contributed by atoms with Gasteiger partial charge in [0.05, 0.1) is 0 Å². The number of hydrogen-bond donors (Lipinski definition) is 0. The Morgan fingerprint density at radius 1 is 1.62 bits per heavy atom. The second kappa shape index (κ2) is 10.4. The molecule has 0 aliphatic heterocycles. The first kappa shape index (κ1) is 15.8. The molecule has 3 nitrogen and oxygen atoms in total. The van der Waals surface area contributed by atoms with Crippen LogP contribution in [-0.2, 0) is 4.79 Å². The van der Waals surface area contributed by atoms with Crippen LogP contribution >= 0.6 is 0 Å². The monoisotopic (exact) mass is 127 g/mol. The van der Waals surface area contributed by atoms with Gasteiger partial charge in [-0.3, -0.25) is 0 Å². The maximum absolute atomic E-state index is 9.49. The molecule has 8 heavy (non-hydrogen) atoms. The minimum Gasteiger partial charge on any atom is -0.870 e. The summed E-state index contributed by atoms with van der Waals surface area (Å²) in [7, 11) is 0. The summed E-state index contributed by atoms with van der Waals surface area (Å²) in [5.41, 5.74) is 0. The van der Waals surface area contributed by atoms with Gasteiger partial charge in [-0.25, -0.2) is 0 Å². The number of carbonyl (C=O) groups excluding carboxylic acids is 1. The van der Waals surface area contributed by atoms with Crippen LogP contribution in [0.15, 0.2) is 0 Å². The maximum Gasteiger partial charge on any atom is 1.00 e. The number of carboxylic acids is 1. The first-order valence-electron chi connectivity index (χ1n) is 1.97. The molecule has 4 heteroatoms. The van der Waals surface area contributed by atoms with Gasteiger partial charge in [0, 0.05) is 5.97 Å². The first-order valence-corrected chi connectivity index (χ1v) is 1.97. The number of aliphatic carboxylic acids is 1. The molecule has 0 radical (unpaired) electrons. The maximum atomic E-state index is 9.49. The Morgan fingerprint density at radius 2 is 2.00 bits per heavy atom. The predicted molar refractivity (Wildman–Crippen MR) is 21.9 cm³/mol. The van der Waals surface area contributed by atoms with Crippen LogP contribution < -0.4 is 34.7 Å². The van der Waals surface area contributed by atoms with Crippen molar-refractivity contribution in [1.29, 1.82) is 0 Å². The molecular weight excluding hydrogens is 119 g/mol. The summed E-state index contributed by atoms with van der Waals surface area (Å²) >= 11 is 0. The van der Waals surface area contributed by atoms with Crippen LogP contribution in [0.25, 0.3) is 0 Å². The second-order valence-electron chi connectivity index (χ2n) is 1.12. The molecule has 0 amide bonds. The van der Waals surface area contributed by atoms with Gasteiger partial charge in [-0.2, -0.15) is 0 Å². The molecule has 0 aromatic rings. The molecule has 0 atom stereocenters. The molecule has 0 aromatic heterocycles. The fourth-order valence-corrected chi connectivity index (χ4v) is 0.204. The predicted octanol–water partition coefficient (Wildman–Crippen LogP) is -3.64. The van der Waals surface area contributed by atoms with Crippen molar-refractivity contribution in [3.8, 4) is 0 Å². The van der Waals surface area contributed by atoms with Gasteiger partial charge in [0.1, 0.15) is 0 Å². The summed E-state index contributed by atoms with van der Waals surface area (Å²) in [5, 5.41) is 9.49. The molecule has 0 spiro atoms. The Bertz CT molecular complexity index is 55.2. The van der Waals surface area contributed by atoms with Crippen molar-refractivity contribution >= 4 is 5.97 Å². The van der Waals surface area contributed by atoms with Crippen LogP contribution in [0.1, 0.15) is 19.8 Å². The van der Waals surface area contributed by atoms with Gasteiger partial charge in [0.2, 0.25) is 0 Å². The molecule has 0 saturated carbocycles. The average molecular weight is 127 g/mol. The Kier molecular flexibility index (Phi) is 20.6. The standard InChI is InChI=1S/C4H8O2.Na.H2O/c1-2-3-4(5)6;;/h2-3H2,1H3,(H,5,6);;1H2/q;+1;/p-2. The van der Waals surface area contributed by atoms with Crippen molar-refractivity contribution in [2.45, 2.75) is 19.8 Å². The quantitative estimate of drug-likeness (QED) is 0.359. The molecule has 0 rings (SSSR count). The van der Waals surface area contributed by atoms with E-state index in [1.165, 1.54) is 0 Å². The summed E-state index contributed by atoms with van der Waals surface area (Å²) in [6.45, 7) is 1.80. The van der Waals surface area contributed by atoms with Crippen molar-refractivity contribution in [3.63, 3.8) is 0 Å². The van der Waals surface area contributed by atoms with Gasteiger partial charge in [-0.1, -0.05) is 13.3 Å². The van der Waals surface area contributed by atoms with Gasteiger partial charge in [0.25, 0.3) is 0 Å². The van der Waals surface area contributed by atoms with E-state index in [4.69, 9.17) is 0 Å². The van der Waals surface area contributed by atoms with E-state index < -0.39 is 5.97 Å². The van der Waals surface area contributed by atoms with E-state index >= 15 is 0 Å². The molecule has 0 aromatic carbocycles. The topological polar surface area (TPSA) is 70.1 Å². The third-order valence-corrected chi connectivity index (χ3v) is 0.454. The zero-order chi connectivity index (χ0) is 4.99. The van der Waals surface area contributed by atoms with Crippen LogP contribution in [0.4, 0.5) is 0 Å². The van der Waals surface area contributed by atoms with E-state index in [2.05, 4.69) is 0 Å². The van der Waals surface area contributed by atoms with Gasteiger partial charge in [-0.15, -0.1) is 0 Å². The number of carboxylic acid groups (broad SMARTS) is 1. The summed E-state index contributed by atoms with van der Waals surface area (Å²) in [4.78, 5) is 9.49. The van der Waals surface area contributed by atoms with Crippen LogP contribution in [0, 0.1) is 0 Å². The summed E-state index contributed by atoms with van der Waals surface area (Å²) in [5.74, 6) is -0.961. The average Bonchev–Trinajstić information content (AvgIpc) is 1.35. The molecule has 0 aliphatic rings. The Balaban J connectivity index is -0.000000125. The van der Waals surface area contributed by atoms with E-state index in [1.54, 1.807) is 6.92 Å². The fourth-order valence-electron chi connectivity index (χ4n) is 0.204. The van der Waals surface area contributed by atoms with Crippen molar-refractivity contribution in [1.82, 2.24) is 0 Å². The van der Waals surface area contributed by atoms with Crippen molar-refractivity contribution in [2.24, 2.45) is 0 Å². The van der Waals surface area contributed by atoms with E-state index in [-0.39, 0.29) is 41.5 Å². The third-order valence-electron chi connectivity index (χ3n) is 0.454. The zero-order valence-electron chi connectivity index (χ0n) is 5.18. The smallest absolute Gasteiger partial charge is 0.870 e. The number of carbonyl (C=O) groups is 1.